The molecule has 10 heteroatoms. The maximum Gasteiger partial charge on any atom is 0.410 e. The Kier molecular flexibility index (Phi) is 8.51. The van der Waals surface area contributed by atoms with Crippen LogP contribution in [0.4, 0.5) is 4.79 Å². The number of benzene rings is 1. The first kappa shape index (κ1) is 24.8. The van der Waals surface area contributed by atoms with Gasteiger partial charge in [0.05, 0.1) is 18.3 Å². The Morgan fingerprint density at radius 1 is 1.15 bits per heavy atom. The van der Waals surface area contributed by atoms with Gasteiger partial charge in [-0.1, -0.05) is 0 Å². The molecule has 1 saturated heterocycles. The minimum atomic E-state index is -0.493. The predicted molar refractivity (Wildman–Crippen MR) is 126 cm³/mol. The summed E-state index contributed by atoms with van der Waals surface area (Å²) in [6, 6.07) is 5.12. The first-order valence-electron chi connectivity index (χ1n) is 10.9. The van der Waals surface area contributed by atoms with Gasteiger partial charge in [-0.3, -0.25) is 9.69 Å². The minimum Gasteiger partial charge on any atom is -0.493 e. The van der Waals surface area contributed by atoms with Crippen LogP contribution in [0.5, 0.6) is 11.5 Å². The SMILES string of the molecule is COc1cc(C(=O)NCCN2CCN(C(=O)OC(C)(C)C)CC2)ccc1OCc1cscn1. The second-order valence-corrected chi connectivity index (χ2v) is 9.42. The normalized spacial score (nSPS) is 14.6. The molecular weight excluding hydrogens is 444 g/mol. The molecule has 1 aliphatic heterocycles. The van der Waals surface area contributed by atoms with Gasteiger partial charge < -0.3 is 24.4 Å². The molecule has 2 aromatic rings. The van der Waals surface area contributed by atoms with E-state index in [1.165, 1.54) is 11.3 Å². The number of nitrogens with zero attached hydrogens (tertiary/aromatic N) is 3. The van der Waals surface area contributed by atoms with Gasteiger partial charge in [0.2, 0.25) is 0 Å². The van der Waals surface area contributed by atoms with E-state index in [1.807, 2.05) is 26.2 Å². The quantitative estimate of drug-likeness (QED) is 0.626. The number of methoxy groups -OCH3 is 1. The highest BCUT2D eigenvalue weighted by Crippen LogP contribution is 2.28. The second-order valence-electron chi connectivity index (χ2n) is 8.70. The van der Waals surface area contributed by atoms with Gasteiger partial charge in [0, 0.05) is 50.2 Å². The monoisotopic (exact) mass is 476 g/mol. The lowest BCUT2D eigenvalue weighted by atomic mass is 10.2. The van der Waals surface area contributed by atoms with E-state index in [0.717, 1.165) is 18.8 Å². The Bertz CT molecular complexity index is 921. The molecule has 0 saturated carbocycles. The summed E-state index contributed by atoms with van der Waals surface area (Å²) in [6.45, 7) is 9.86. The van der Waals surface area contributed by atoms with Crippen LogP contribution in [0.15, 0.2) is 29.1 Å². The zero-order valence-corrected chi connectivity index (χ0v) is 20.4. The summed E-state index contributed by atoms with van der Waals surface area (Å²) in [4.78, 5) is 32.9. The van der Waals surface area contributed by atoms with E-state index in [4.69, 9.17) is 14.2 Å². The molecule has 0 atom stereocenters. The molecule has 33 heavy (non-hydrogen) atoms. The van der Waals surface area contributed by atoms with Crippen molar-refractivity contribution in [3.05, 3.63) is 40.3 Å². The number of nitrogens with one attached hydrogen (secondary N) is 1. The van der Waals surface area contributed by atoms with Crippen molar-refractivity contribution in [3.63, 3.8) is 0 Å². The van der Waals surface area contributed by atoms with Crippen LogP contribution >= 0.6 is 11.3 Å². The number of carbonyl (C=O) groups is 2. The molecule has 0 bridgehead atoms. The Hall–Kier alpha value is -2.85. The van der Waals surface area contributed by atoms with Crippen molar-refractivity contribution in [3.8, 4) is 11.5 Å². The maximum absolute atomic E-state index is 12.6. The third-order valence-corrected chi connectivity index (χ3v) is 5.66. The molecule has 2 amide bonds. The molecule has 0 aliphatic carbocycles. The van der Waals surface area contributed by atoms with Gasteiger partial charge in [-0.2, -0.15) is 0 Å². The first-order valence-corrected chi connectivity index (χ1v) is 11.9. The van der Waals surface area contributed by atoms with E-state index in [1.54, 1.807) is 35.7 Å². The molecule has 1 aromatic carbocycles. The Morgan fingerprint density at radius 3 is 2.55 bits per heavy atom. The van der Waals surface area contributed by atoms with E-state index in [2.05, 4.69) is 15.2 Å². The average molecular weight is 477 g/mol. The van der Waals surface area contributed by atoms with Gasteiger partial charge in [0.25, 0.3) is 5.91 Å². The summed E-state index contributed by atoms with van der Waals surface area (Å²) in [5.74, 6) is 0.882. The molecule has 1 aromatic heterocycles. The van der Waals surface area contributed by atoms with E-state index < -0.39 is 5.60 Å². The molecule has 1 aliphatic rings. The molecule has 2 heterocycles. The Balaban J connectivity index is 1.42. The molecule has 0 radical (unpaired) electrons. The molecule has 180 valence electrons. The number of piperazine rings is 1. The standard InChI is InChI=1S/C23H32N4O5S/c1-23(2,3)32-22(29)27-11-9-26(10-12-27)8-7-24-21(28)17-5-6-19(20(13-17)30-4)31-14-18-15-33-16-25-18/h5-6,13,15-16H,7-12,14H2,1-4H3,(H,24,28). The zero-order chi connectivity index (χ0) is 23.8. The number of rotatable bonds is 8. The van der Waals surface area contributed by atoms with Crippen molar-refractivity contribution in [2.45, 2.75) is 33.0 Å². The Labute approximate surface area is 198 Å². The number of thiazole rings is 1. The molecular formula is C23H32N4O5S. The Morgan fingerprint density at radius 2 is 1.91 bits per heavy atom. The molecule has 0 unspecified atom stereocenters. The summed E-state index contributed by atoms with van der Waals surface area (Å²) >= 11 is 1.51. The van der Waals surface area contributed by atoms with Crippen LogP contribution in [0.2, 0.25) is 0 Å². The lowest BCUT2D eigenvalue weighted by Gasteiger charge is -2.35. The highest BCUT2D eigenvalue weighted by Gasteiger charge is 2.25. The van der Waals surface area contributed by atoms with Gasteiger partial charge >= 0.3 is 6.09 Å². The second kappa shape index (κ2) is 11.3. The van der Waals surface area contributed by atoms with Crippen LogP contribution in [0.3, 0.4) is 0 Å². The van der Waals surface area contributed by atoms with E-state index >= 15 is 0 Å². The highest BCUT2D eigenvalue weighted by molar-refractivity contribution is 7.07. The molecule has 1 N–H and O–H groups in total. The summed E-state index contributed by atoms with van der Waals surface area (Å²) in [5, 5.41) is 4.87. The third-order valence-electron chi connectivity index (χ3n) is 5.02. The van der Waals surface area contributed by atoms with Crippen LogP contribution in [0, 0.1) is 0 Å². The fourth-order valence-electron chi connectivity index (χ4n) is 3.30. The van der Waals surface area contributed by atoms with Gasteiger partial charge in [0.15, 0.2) is 11.5 Å². The maximum atomic E-state index is 12.6. The van der Waals surface area contributed by atoms with E-state index in [9.17, 15) is 9.59 Å². The number of aromatic nitrogens is 1. The predicted octanol–water partition coefficient (Wildman–Crippen LogP) is 3.01. The third kappa shape index (κ3) is 7.61. The fraction of sp³-hybridized carbons (Fsp3) is 0.522. The summed E-state index contributed by atoms with van der Waals surface area (Å²) < 4.78 is 16.6. The van der Waals surface area contributed by atoms with Crippen LogP contribution in [-0.2, 0) is 11.3 Å². The smallest absolute Gasteiger partial charge is 0.410 e. The van der Waals surface area contributed by atoms with Crippen molar-refractivity contribution in [2.24, 2.45) is 0 Å². The summed E-state index contributed by atoms with van der Waals surface area (Å²) in [6.07, 6.45) is -0.275. The minimum absolute atomic E-state index is 0.174. The number of hydrogen-bond donors (Lipinski definition) is 1. The number of amides is 2. The van der Waals surface area contributed by atoms with Crippen LogP contribution in [0.25, 0.3) is 0 Å². The number of ether oxygens (including phenoxy) is 3. The van der Waals surface area contributed by atoms with E-state index in [0.29, 0.717) is 49.8 Å². The van der Waals surface area contributed by atoms with Crippen molar-refractivity contribution in [1.82, 2.24) is 20.1 Å². The molecule has 9 nitrogen and oxygen atoms in total. The van der Waals surface area contributed by atoms with Crippen LogP contribution < -0.4 is 14.8 Å². The summed E-state index contributed by atoms with van der Waals surface area (Å²) in [7, 11) is 1.55. The van der Waals surface area contributed by atoms with Gasteiger partial charge in [-0.05, 0) is 39.0 Å². The van der Waals surface area contributed by atoms with E-state index in [-0.39, 0.29) is 12.0 Å². The number of hydrogen-bond acceptors (Lipinski definition) is 8. The van der Waals surface area contributed by atoms with Gasteiger partial charge in [-0.15, -0.1) is 11.3 Å². The lowest BCUT2D eigenvalue weighted by Crippen LogP contribution is -2.51. The molecule has 0 spiro atoms. The van der Waals surface area contributed by atoms with Crippen LogP contribution in [0.1, 0.15) is 36.8 Å². The fourth-order valence-corrected chi connectivity index (χ4v) is 3.84. The zero-order valence-electron chi connectivity index (χ0n) is 19.6. The highest BCUT2D eigenvalue weighted by atomic mass is 32.1. The van der Waals surface area contributed by atoms with Crippen molar-refractivity contribution < 1.29 is 23.8 Å². The number of carbonyl (C=O) groups excluding carboxylic acids is 2. The van der Waals surface area contributed by atoms with Crippen molar-refractivity contribution in [2.75, 3.05) is 46.4 Å². The first-order chi connectivity index (χ1) is 15.7. The summed E-state index contributed by atoms with van der Waals surface area (Å²) in [5.41, 5.74) is 2.61. The molecule has 3 rings (SSSR count). The largest absolute Gasteiger partial charge is 0.493 e. The average Bonchev–Trinajstić information content (AvgIpc) is 3.30. The van der Waals surface area contributed by atoms with Gasteiger partial charge in [-0.25, -0.2) is 9.78 Å². The molecule has 1 fully saturated rings. The van der Waals surface area contributed by atoms with Crippen molar-refractivity contribution in [1.29, 1.82) is 0 Å². The van der Waals surface area contributed by atoms with Gasteiger partial charge in [0.1, 0.15) is 12.2 Å². The van der Waals surface area contributed by atoms with Crippen molar-refractivity contribution >= 4 is 23.3 Å². The lowest BCUT2D eigenvalue weighted by molar-refractivity contribution is 0.0147. The van der Waals surface area contributed by atoms with Crippen LogP contribution in [-0.4, -0.2) is 78.8 Å². The topological polar surface area (TPSA) is 93.2 Å².